The summed E-state index contributed by atoms with van der Waals surface area (Å²) in [5, 5.41) is 4.90. The third-order valence-corrected chi connectivity index (χ3v) is 4.01. The highest BCUT2D eigenvalue weighted by Crippen LogP contribution is 2.34. The molecule has 3 rings (SSSR count). The van der Waals surface area contributed by atoms with E-state index in [9.17, 15) is 22.8 Å². The first-order valence-corrected chi connectivity index (χ1v) is 8.56. The minimum atomic E-state index is -4.62. The molecule has 0 radical (unpaired) electrons. The number of rotatable bonds is 4. The van der Waals surface area contributed by atoms with Gasteiger partial charge < -0.3 is 10.6 Å². The van der Waals surface area contributed by atoms with Gasteiger partial charge in [-0.15, -0.1) is 0 Å². The molecule has 0 saturated heterocycles. The third-order valence-electron chi connectivity index (χ3n) is 4.01. The van der Waals surface area contributed by atoms with Gasteiger partial charge in [0.05, 0.1) is 11.3 Å². The van der Waals surface area contributed by atoms with E-state index < -0.39 is 23.6 Å². The Balaban J connectivity index is 1.79. The number of halogens is 3. The van der Waals surface area contributed by atoms with Crippen LogP contribution in [0.3, 0.4) is 0 Å². The predicted molar refractivity (Wildman–Crippen MR) is 103 cm³/mol. The molecule has 5 nitrogen and oxygen atoms in total. The van der Waals surface area contributed by atoms with Gasteiger partial charge in [-0.25, -0.2) is 0 Å². The largest absolute Gasteiger partial charge is 0.418 e. The highest BCUT2D eigenvalue weighted by molar-refractivity contribution is 6.08. The quantitative estimate of drug-likeness (QED) is 0.655. The summed E-state index contributed by atoms with van der Waals surface area (Å²) in [5.74, 6) is -1.32. The number of carbonyl (C=O) groups excluding carboxylic acids is 2. The fourth-order valence-electron chi connectivity index (χ4n) is 2.65. The maximum Gasteiger partial charge on any atom is 0.418 e. The number of carbonyl (C=O) groups is 2. The Morgan fingerprint density at radius 3 is 2.38 bits per heavy atom. The number of hydrogen-bond acceptors (Lipinski definition) is 3. The van der Waals surface area contributed by atoms with Gasteiger partial charge in [-0.1, -0.05) is 24.3 Å². The molecular weight excluding hydrogens is 383 g/mol. The van der Waals surface area contributed by atoms with Crippen molar-refractivity contribution in [3.05, 3.63) is 89.2 Å². The standard InChI is InChI=1S/C21H16F3N3O2/c1-13-5-4-6-15(11-13)26-19(28)14-9-10-25-18(12-14)20(29)27-17-8-3-2-7-16(17)21(22,23)24/h2-12H,1H3,(H,26,28)(H,27,29). The van der Waals surface area contributed by atoms with Crippen LogP contribution in [0.4, 0.5) is 24.5 Å². The second-order valence-electron chi connectivity index (χ2n) is 6.25. The van der Waals surface area contributed by atoms with Crippen molar-refractivity contribution in [3.8, 4) is 0 Å². The van der Waals surface area contributed by atoms with Crippen LogP contribution in [-0.4, -0.2) is 16.8 Å². The summed E-state index contributed by atoms with van der Waals surface area (Å²) < 4.78 is 39.3. The fourth-order valence-corrected chi connectivity index (χ4v) is 2.65. The molecule has 0 bridgehead atoms. The van der Waals surface area contributed by atoms with Crippen molar-refractivity contribution in [1.29, 1.82) is 0 Å². The number of nitrogens with zero attached hydrogens (tertiary/aromatic N) is 1. The van der Waals surface area contributed by atoms with Gasteiger partial charge in [-0.3, -0.25) is 14.6 Å². The number of hydrogen-bond donors (Lipinski definition) is 2. The lowest BCUT2D eigenvalue weighted by atomic mass is 10.1. The summed E-state index contributed by atoms with van der Waals surface area (Å²) in [7, 11) is 0. The van der Waals surface area contributed by atoms with Crippen LogP contribution in [0.2, 0.25) is 0 Å². The van der Waals surface area contributed by atoms with Crippen LogP contribution in [0.25, 0.3) is 0 Å². The Hall–Kier alpha value is -3.68. The topological polar surface area (TPSA) is 71.1 Å². The molecule has 0 atom stereocenters. The number of amides is 2. The first-order chi connectivity index (χ1) is 13.7. The van der Waals surface area contributed by atoms with Gasteiger partial charge in [0.2, 0.25) is 0 Å². The molecule has 148 valence electrons. The molecule has 2 N–H and O–H groups in total. The van der Waals surface area contributed by atoms with Crippen molar-refractivity contribution < 1.29 is 22.8 Å². The monoisotopic (exact) mass is 399 g/mol. The van der Waals surface area contributed by atoms with Crippen LogP contribution in [0.5, 0.6) is 0 Å². The molecule has 1 heterocycles. The first kappa shape index (κ1) is 20.1. The van der Waals surface area contributed by atoms with E-state index >= 15 is 0 Å². The maximum absolute atomic E-state index is 13.1. The molecule has 3 aromatic rings. The Morgan fingerprint density at radius 1 is 0.897 bits per heavy atom. The summed E-state index contributed by atoms with van der Waals surface area (Å²) in [6.07, 6.45) is -3.37. The third kappa shape index (κ3) is 4.98. The number of benzene rings is 2. The fraction of sp³-hybridized carbons (Fsp3) is 0.0952. The van der Waals surface area contributed by atoms with Gasteiger partial charge in [0.25, 0.3) is 11.8 Å². The van der Waals surface area contributed by atoms with Gasteiger partial charge in [-0.2, -0.15) is 13.2 Å². The minimum absolute atomic E-state index is 0.149. The van der Waals surface area contributed by atoms with Crippen molar-refractivity contribution in [2.45, 2.75) is 13.1 Å². The molecule has 0 unspecified atom stereocenters. The number of aromatic nitrogens is 1. The van der Waals surface area contributed by atoms with E-state index in [1.807, 2.05) is 13.0 Å². The molecule has 2 aromatic carbocycles. The van der Waals surface area contributed by atoms with Gasteiger partial charge in [-0.05, 0) is 48.9 Å². The minimum Gasteiger partial charge on any atom is -0.322 e. The zero-order valence-corrected chi connectivity index (χ0v) is 15.2. The van der Waals surface area contributed by atoms with E-state index in [0.717, 1.165) is 17.7 Å². The molecule has 0 saturated carbocycles. The van der Waals surface area contributed by atoms with E-state index in [0.29, 0.717) is 5.69 Å². The van der Waals surface area contributed by atoms with E-state index in [-0.39, 0.29) is 16.9 Å². The highest BCUT2D eigenvalue weighted by Gasteiger charge is 2.33. The van der Waals surface area contributed by atoms with Crippen LogP contribution >= 0.6 is 0 Å². The summed E-state index contributed by atoms with van der Waals surface area (Å²) in [4.78, 5) is 28.7. The van der Waals surface area contributed by atoms with E-state index in [1.165, 1.54) is 30.5 Å². The molecule has 0 aliphatic heterocycles. The van der Waals surface area contributed by atoms with Crippen LogP contribution in [0.1, 0.15) is 32.0 Å². The zero-order valence-electron chi connectivity index (χ0n) is 15.2. The number of para-hydroxylation sites is 1. The van der Waals surface area contributed by atoms with Gasteiger partial charge in [0.15, 0.2) is 0 Å². The van der Waals surface area contributed by atoms with Gasteiger partial charge in [0.1, 0.15) is 5.69 Å². The molecule has 0 spiro atoms. The number of nitrogens with one attached hydrogen (secondary N) is 2. The van der Waals surface area contributed by atoms with Crippen molar-refractivity contribution in [2.24, 2.45) is 0 Å². The number of anilines is 2. The second kappa shape index (κ2) is 8.14. The Morgan fingerprint density at radius 2 is 1.66 bits per heavy atom. The molecular formula is C21H16F3N3O2. The average molecular weight is 399 g/mol. The Kier molecular flexibility index (Phi) is 5.63. The molecule has 8 heteroatoms. The lowest BCUT2D eigenvalue weighted by Crippen LogP contribution is -2.19. The number of alkyl halides is 3. The second-order valence-corrected chi connectivity index (χ2v) is 6.25. The van der Waals surface area contributed by atoms with Crippen LogP contribution in [0.15, 0.2) is 66.9 Å². The normalized spacial score (nSPS) is 11.0. The van der Waals surface area contributed by atoms with Crippen molar-refractivity contribution in [1.82, 2.24) is 4.98 Å². The summed E-state index contributed by atoms with van der Waals surface area (Å²) in [6, 6.07) is 14.4. The van der Waals surface area contributed by atoms with Crippen LogP contribution < -0.4 is 10.6 Å². The van der Waals surface area contributed by atoms with Crippen molar-refractivity contribution >= 4 is 23.2 Å². The molecule has 2 amide bonds. The lowest BCUT2D eigenvalue weighted by Gasteiger charge is -2.13. The van der Waals surface area contributed by atoms with Gasteiger partial charge in [0, 0.05) is 17.4 Å². The molecule has 0 fully saturated rings. The molecule has 1 aromatic heterocycles. The van der Waals surface area contributed by atoms with E-state index in [4.69, 9.17) is 0 Å². The lowest BCUT2D eigenvalue weighted by molar-refractivity contribution is -0.136. The van der Waals surface area contributed by atoms with Crippen molar-refractivity contribution in [2.75, 3.05) is 10.6 Å². The van der Waals surface area contributed by atoms with Crippen LogP contribution in [-0.2, 0) is 6.18 Å². The van der Waals surface area contributed by atoms with Gasteiger partial charge >= 0.3 is 6.18 Å². The van der Waals surface area contributed by atoms with Crippen molar-refractivity contribution in [3.63, 3.8) is 0 Å². The molecule has 29 heavy (non-hydrogen) atoms. The Bertz CT molecular complexity index is 1060. The first-order valence-electron chi connectivity index (χ1n) is 8.56. The maximum atomic E-state index is 13.1. The summed E-state index contributed by atoms with van der Waals surface area (Å²) in [6.45, 7) is 1.88. The number of aryl methyl sites for hydroxylation is 1. The smallest absolute Gasteiger partial charge is 0.322 e. The van der Waals surface area contributed by atoms with Crippen LogP contribution in [0, 0.1) is 6.92 Å². The predicted octanol–water partition coefficient (Wildman–Crippen LogP) is 4.91. The molecule has 0 aliphatic rings. The SMILES string of the molecule is Cc1cccc(NC(=O)c2ccnc(C(=O)Nc3ccccc3C(F)(F)F)c2)c1. The molecule has 0 aliphatic carbocycles. The highest BCUT2D eigenvalue weighted by atomic mass is 19.4. The van der Waals surface area contributed by atoms with E-state index in [2.05, 4.69) is 15.6 Å². The summed E-state index contributed by atoms with van der Waals surface area (Å²) in [5.41, 5.74) is 0.149. The number of pyridine rings is 1. The van der Waals surface area contributed by atoms with E-state index in [1.54, 1.807) is 18.2 Å². The summed E-state index contributed by atoms with van der Waals surface area (Å²) >= 11 is 0. The average Bonchev–Trinajstić information content (AvgIpc) is 2.67. The Labute approximate surface area is 164 Å². The zero-order chi connectivity index (χ0) is 21.0.